The molecule has 2 aromatic carbocycles. The average Bonchev–Trinajstić information content (AvgIpc) is 3.86. The molecule has 1 unspecified atom stereocenters. The molecule has 46 heavy (non-hydrogen) atoms. The minimum atomic E-state index is -0.555. The average molecular weight is 643 g/mol. The third-order valence-corrected chi connectivity index (χ3v) is 8.35. The molecule has 2 aliphatic rings. The molecular weight excluding hydrogens is 612 g/mol. The standard InChI is InChI=1S/C32H31ClN8O5/c33-22-6-10-27(40-19-35-38-39-40)25(17-22)21-15-24-9-11-28(41(24)29(42)16-21)31-34-18-26(37-31)20-4-7-23(8-5-20)36-32(43)46-14-13-45-30-3-1-2-12-44-30/h4-8,10,15-19,28,30H,1-3,9,11-14H2,(H,34,37)(H,36,43)/t28-,30?/m0/s1. The summed E-state index contributed by atoms with van der Waals surface area (Å²) in [5.41, 5.74) is 5.28. The van der Waals surface area contributed by atoms with Crippen LogP contribution in [0.4, 0.5) is 10.5 Å². The van der Waals surface area contributed by atoms with Crippen molar-refractivity contribution in [2.75, 3.05) is 25.1 Å². The van der Waals surface area contributed by atoms with Gasteiger partial charge < -0.3 is 23.8 Å². The number of hydrogen-bond acceptors (Lipinski definition) is 9. The number of ether oxygens (including phenoxy) is 3. The van der Waals surface area contributed by atoms with Crippen molar-refractivity contribution in [1.82, 2.24) is 34.7 Å². The maximum atomic E-state index is 13.5. The van der Waals surface area contributed by atoms with E-state index < -0.39 is 6.09 Å². The first-order valence-electron chi connectivity index (χ1n) is 15.1. The second kappa shape index (κ2) is 13.3. The lowest BCUT2D eigenvalue weighted by Crippen LogP contribution is -2.25. The van der Waals surface area contributed by atoms with Gasteiger partial charge in [0.05, 0.1) is 30.2 Å². The van der Waals surface area contributed by atoms with E-state index in [0.717, 1.165) is 59.4 Å². The molecule has 7 rings (SSSR count). The van der Waals surface area contributed by atoms with Crippen molar-refractivity contribution in [3.63, 3.8) is 0 Å². The zero-order valence-corrected chi connectivity index (χ0v) is 25.5. The summed E-state index contributed by atoms with van der Waals surface area (Å²) in [6, 6.07) is 16.1. The van der Waals surface area contributed by atoms with Crippen molar-refractivity contribution in [1.29, 1.82) is 0 Å². The van der Waals surface area contributed by atoms with Crippen molar-refractivity contribution in [2.45, 2.75) is 44.4 Å². The number of amides is 1. The Bertz CT molecular complexity index is 1880. The van der Waals surface area contributed by atoms with Crippen LogP contribution in [0, 0.1) is 0 Å². The number of carbonyl (C=O) groups excluding carboxylic acids is 1. The molecule has 2 atom stereocenters. The molecule has 0 spiro atoms. The van der Waals surface area contributed by atoms with E-state index in [1.165, 1.54) is 6.33 Å². The maximum absolute atomic E-state index is 13.5. The predicted octanol–water partition coefficient (Wildman–Crippen LogP) is 5.16. The SMILES string of the molecule is O=C(Nc1ccc(-c2cnc([C@@H]3CCc4cc(-c5cc(Cl)ccc5-n5cnnn5)cc(=O)n43)[nH]2)cc1)OCCOC1CCCCO1. The number of nitrogens with zero attached hydrogens (tertiary/aromatic N) is 6. The van der Waals surface area contributed by atoms with Crippen LogP contribution in [0.2, 0.25) is 5.02 Å². The van der Waals surface area contributed by atoms with Gasteiger partial charge in [-0.05, 0) is 90.1 Å². The van der Waals surface area contributed by atoms with Gasteiger partial charge in [0.25, 0.3) is 5.56 Å². The third kappa shape index (κ3) is 6.43. The van der Waals surface area contributed by atoms with E-state index in [1.807, 2.05) is 30.3 Å². The van der Waals surface area contributed by atoms with Gasteiger partial charge in [0.15, 0.2) is 6.29 Å². The van der Waals surface area contributed by atoms with Gasteiger partial charge in [0, 0.05) is 34.6 Å². The molecule has 0 bridgehead atoms. The molecule has 0 radical (unpaired) electrons. The van der Waals surface area contributed by atoms with Crippen LogP contribution < -0.4 is 10.9 Å². The number of nitrogens with one attached hydrogen (secondary N) is 2. The molecule has 5 aromatic rings. The minimum Gasteiger partial charge on any atom is -0.447 e. The highest BCUT2D eigenvalue weighted by Gasteiger charge is 2.28. The number of carbonyl (C=O) groups is 1. The smallest absolute Gasteiger partial charge is 0.411 e. The first-order chi connectivity index (χ1) is 22.5. The normalized spacial score (nSPS) is 17.5. The Kier molecular flexibility index (Phi) is 8.59. The van der Waals surface area contributed by atoms with E-state index >= 15 is 0 Å². The van der Waals surface area contributed by atoms with Gasteiger partial charge in [0.2, 0.25) is 0 Å². The summed E-state index contributed by atoms with van der Waals surface area (Å²) in [6.45, 7) is 1.12. The summed E-state index contributed by atoms with van der Waals surface area (Å²) in [5, 5.41) is 14.7. The number of anilines is 1. The van der Waals surface area contributed by atoms with Crippen LogP contribution in [0.1, 0.15) is 43.2 Å². The fourth-order valence-electron chi connectivity index (χ4n) is 5.92. The highest BCUT2D eigenvalue weighted by molar-refractivity contribution is 6.31. The second-order valence-electron chi connectivity index (χ2n) is 11.1. The number of fused-ring (bicyclic) bond motifs is 1. The summed E-state index contributed by atoms with van der Waals surface area (Å²) >= 11 is 6.33. The van der Waals surface area contributed by atoms with Crippen LogP contribution in [0.15, 0.2) is 71.9 Å². The quantitative estimate of drug-likeness (QED) is 0.208. The summed E-state index contributed by atoms with van der Waals surface area (Å²) in [6.07, 6.45) is 6.91. The number of aryl methyl sites for hydroxylation is 1. The lowest BCUT2D eigenvalue weighted by molar-refractivity contribution is -0.166. The summed E-state index contributed by atoms with van der Waals surface area (Å²) in [5.74, 6) is 0.701. The number of benzene rings is 2. The Balaban J connectivity index is 1.01. The third-order valence-electron chi connectivity index (χ3n) is 8.11. The first kappa shape index (κ1) is 29.8. The fourth-order valence-corrected chi connectivity index (χ4v) is 6.09. The van der Waals surface area contributed by atoms with Crippen LogP contribution in [-0.2, 0) is 20.6 Å². The number of rotatable bonds is 9. The number of halogens is 1. The molecule has 13 nitrogen and oxygen atoms in total. The van der Waals surface area contributed by atoms with Crippen molar-refractivity contribution in [3.8, 4) is 28.1 Å². The van der Waals surface area contributed by atoms with Gasteiger partial charge in [-0.3, -0.25) is 10.1 Å². The molecule has 1 amide bonds. The molecule has 236 valence electrons. The fraction of sp³-hybridized carbons (Fsp3) is 0.312. The lowest BCUT2D eigenvalue weighted by Gasteiger charge is -2.22. The zero-order valence-electron chi connectivity index (χ0n) is 24.8. The Morgan fingerprint density at radius 2 is 1.96 bits per heavy atom. The molecule has 1 fully saturated rings. The monoisotopic (exact) mass is 642 g/mol. The lowest BCUT2D eigenvalue weighted by atomic mass is 10.0. The second-order valence-corrected chi connectivity index (χ2v) is 11.5. The van der Waals surface area contributed by atoms with E-state index in [9.17, 15) is 9.59 Å². The van der Waals surface area contributed by atoms with Crippen LogP contribution in [-0.4, -0.2) is 66.9 Å². The molecule has 14 heteroatoms. The van der Waals surface area contributed by atoms with E-state index in [1.54, 1.807) is 39.7 Å². The summed E-state index contributed by atoms with van der Waals surface area (Å²) < 4.78 is 19.7. The van der Waals surface area contributed by atoms with Crippen molar-refractivity contribution in [3.05, 3.63) is 94.0 Å². The largest absolute Gasteiger partial charge is 0.447 e. The van der Waals surface area contributed by atoms with Gasteiger partial charge in [-0.1, -0.05) is 23.7 Å². The van der Waals surface area contributed by atoms with E-state index in [-0.39, 0.29) is 31.1 Å². The molecule has 5 heterocycles. The first-order valence-corrected chi connectivity index (χ1v) is 15.5. The molecule has 0 aliphatic carbocycles. The summed E-state index contributed by atoms with van der Waals surface area (Å²) in [4.78, 5) is 33.7. The Hall–Kier alpha value is -4.85. The predicted molar refractivity (Wildman–Crippen MR) is 169 cm³/mol. The topological polar surface area (TPSA) is 151 Å². The van der Waals surface area contributed by atoms with Gasteiger partial charge in [0.1, 0.15) is 18.8 Å². The van der Waals surface area contributed by atoms with Crippen LogP contribution in [0.5, 0.6) is 0 Å². The Morgan fingerprint density at radius 3 is 2.76 bits per heavy atom. The maximum Gasteiger partial charge on any atom is 0.411 e. The zero-order chi connectivity index (χ0) is 31.5. The van der Waals surface area contributed by atoms with Gasteiger partial charge in [-0.25, -0.2) is 9.78 Å². The van der Waals surface area contributed by atoms with E-state index in [4.69, 9.17) is 25.8 Å². The Labute approximate surface area is 268 Å². The van der Waals surface area contributed by atoms with Crippen LogP contribution in [0.25, 0.3) is 28.1 Å². The van der Waals surface area contributed by atoms with Crippen LogP contribution >= 0.6 is 11.6 Å². The number of pyridine rings is 1. The van der Waals surface area contributed by atoms with Gasteiger partial charge in [-0.15, -0.1) is 5.10 Å². The molecule has 3 aromatic heterocycles. The number of aromatic nitrogens is 7. The molecule has 0 saturated carbocycles. The minimum absolute atomic E-state index is 0.133. The van der Waals surface area contributed by atoms with Gasteiger partial charge >= 0.3 is 6.09 Å². The summed E-state index contributed by atoms with van der Waals surface area (Å²) in [7, 11) is 0. The van der Waals surface area contributed by atoms with Crippen molar-refractivity contribution >= 4 is 23.4 Å². The number of aromatic amines is 1. The molecular formula is C32H31ClN8O5. The van der Waals surface area contributed by atoms with Crippen molar-refractivity contribution in [2.24, 2.45) is 0 Å². The van der Waals surface area contributed by atoms with E-state index in [2.05, 4.69) is 30.8 Å². The van der Waals surface area contributed by atoms with Gasteiger partial charge in [-0.2, -0.15) is 4.68 Å². The molecule has 2 N–H and O–H groups in total. The highest BCUT2D eigenvalue weighted by atomic mass is 35.5. The van der Waals surface area contributed by atoms with E-state index in [0.29, 0.717) is 29.6 Å². The molecule has 2 aliphatic heterocycles. The Morgan fingerprint density at radius 1 is 1.07 bits per heavy atom. The number of imidazole rings is 1. The number of tetrazole rings is 1. The highest BCUT2D eigenvalue weighted by Crippen LogP contribution is 2.34. The number of hydrogen-bond donors (Lipinski definition) is 2. The molecule has 1 saturated heterocycles. The van der Waals surface area contributed by atoms with Crippen LogP contribution in [0.3, 0.4) is 0 Å². The number of H-pyrrole nitrogens is 1. The van der Waals surface area contributed by atoms with Crippen molar-refractivity contribution < 1.29 is 19.0 Å².